The van der Waals surface area contributed by atoms with Crippen LogP contribution in [0.1, 0.15) is 5.56 Å². The zero-order chi connectivity index (χ0) is 12.3. The Kier molecular flexibility index (Phi) is 4.74. The first-order chi connectivity index (χ1) is 8.16. The molecule has 1 fully saturated rings. The molecule has 2 unspecified atom stereocenters. The van der Waals surface area contributed by atoms with Gasteiger partial charge >= 0.3 is 0 Å². The van der Waals surface area contributed by atoms with Crippen molar-refractivity contribution in [2.45, 2.75) is 18.5 Å². The fraction of sp³-hybridized carbons (Fsp3) is 0.538. The average Bonchev–Trinajstić information content (AvgIpc) is 2.32. The van der Waals surface area contributed by atoms with Crippen LogP contribution in [0.3, 0.4) is 0 Å². The Bertz CT molecular complexity index is 355. The Balaban J connectivity index is 1.95. The van der Waals surface area contributed by atoms with E-state index in [1.165, 1.54) is 11.3 Å². The first kappa shape index (κ1) is 13.2. The number of nitrogens with two attached hydrogens (primary N) is 1. The fourth-order valence-corrected chi connectivity index (χ4v) is 3.64. The topological polar surface area (TPSA) is 29.3 Å². The van der Waals surface area contributed by atoms with Gasteiger partial charge in [0.2, 0.25) is 0 Å². The lowest BCUT2D eigenvalue weighted by atomic mass is 10.0. The molecule has 2 atom stereocenters. The van der Waals surface area contributed by atoms with Gasteiger partial charge in [0.05, 0.1) is 0 Å². The van der Waals surface area contributed by atoms with Crippen molar-refractivity contribution in [3.05, 3.63) is 34.9 Å². The van der Waals surface area contributed by atoms with Crippen LogP contribution in [0.25, 0.3) is 0 Å². The molecule has 0 amide bonds. The van der Waals surface area contributed by atoms with E-state index >= 15 is 0 Å². The molecule has 4 heteroatoms. The molecule has 0 spiro atoms. The van der Waals surface area contributed by atoms with E-state index in [0.717, 1.165) is 23.7 Å². The maximum Gasteiger partial charge on any atom is 0.0406 e. The van der Waals surface area contributed by atoms with Gasteiger partial charge in [0, 0.05) is 35.2 Å². The molecule has 0 radical (unpaired) electrons. The third-order valence-corrected chi connectivity index (χ3v) is 4.62. The third-order valence-electron chi connectivity index (χ3n) is 3.32. The van der Waals surface area contributed by atoms with Gasteiger partial charge < -0.3 is 10.6 Å². The van der Waals surface area contributed by atoms with Gasteiger partial charge in [-0.2, -0.15) is 11.8 Å². The Morgan fingerprint density at radius 3 is 2.82 bits per heavy atom. The van der Waals surface area contributed by atoms with E-state index in [4.69, 9.17) is 17.3 Å². The highest BCUT2D eigenvalue weighted by molar-refractivity contribution is 7.99. The van der Waals surface area contributed by atoms with Gasteiger partial charge in [-0.05, 0) is 31.2 Å². The average molecular weight is 271 g/mol. The van der Waals surface area contributed by atoms with Crippen molar-refractivity contribution in [2.75, 3.05) is 25.1 Å². The van der Waals surface area contributed by atoms with E-state index in [9.17, 15) is 0 Å². The van der Waals surface area contributed by atoms with Crippen molar-refractivity contribution in [3.8, 4) is 0 Å². The van der Waals surface area contributed by atoms with Gasteiger partial charge in [-0.1, -0.05) is 23.7 Å². The predicted octanol–water partition coefficient (Wildman–Crippen LogP) is 2.26. The van der Waals surface area contributed by atoms with Crippen LogP contribution in [0.2, 0.25) is 5.02 Å². The number of thioether (sulfide) groups is 1. The standard InChI is InChI=1S/C13H19ClN2S/c1-16-6-7-17-9-13(16)12(15)8-10-2-4-11(14)5-3-10/h2-5,12-13H,6-9,15H2,1H3. The van der Waals surface area contributed by atoms with Crippen molar-refractivity contribution in [2.24, 2.45) is 5.73 Å². The zero-order valence-electron chi connectivity index (χ0n) is 10.1. The maximum atomic E-state index is 6.32. The molecule has 0 aromatic heterocycles. The van der Waals surface area contributed by atoms with Crippen molar-refractivity contribution in [1.82, 2.24) is 4.90 Å². The summed E-state index contributed by atoms with van der Waals surface area (Å²) in [6.45, 7) is 1.14. The molecule has 1 aromatic rings. The van der Waals surface area contributed by atoms with E-state index in [1.807, 2.05) is 23.9 Å². The van der Waals surface area contributed by atoms with Crippen LogP contribution in [-0.2, 0) is 6.42 Å². The Hall–Kier alpha value is -0.220. The molecule has 0 bridgehead atoms. The molecule has 17 heavy (non-hydrogen) atoms. The van der Waals surface area contributed by atoms with Gasteiger partial charge in [0.15, 0.2) is 0 Å². The third kappa shape index (κ3) is 3.62. The first-order valence-corrected chi connectivity index (χ1v) is 7.48. The normalized spacial score (nSPS) is 23.6. The van der Waals surface area contributed by atoms with Crippen molar-refractivity contribution in [1.29, 1.82) is 0 Å². The maximum absolute atomic E-state index is 6.32. The highest BCUT2D eigenvalue weighted by Crippen LogP contribution is 2.19. The number of rotatable bonds is 3. The summed E-state index contributed by atoms with van der Waals surface area (Å²) in [5.41, 5.74) is 7.59. The number of halogens is 1. The molecule has 1 aliphatic rings. The van der Waals surface area contributed by atoms with E-state index in [-0.39, 0.29) is 6.04 Å². The summed E-state index contributed by atoms with van der Waals surface area (Å²) in [6.07, 6.45) is 0.923. The van der Waals surface area contributed by atoms with Crippen LogP contribution in [0.4, 0.5) is 0 Å². The second kappa shape index (κ2) is 6.10. The van der Waals surface area contributed by atoms with Crippen LogP contribution in [0, 0.1) is 0 Å². The van der Waals surface area contributed by atoms with Gasteiger partial charge in [0.1, 0.15) is 0 Å². The summed E-state index contributed by atoms with van der Waals surface area (Å²) in [7, 11) is 2.17. The molecule has 2 nitrogen and oxygen atoms in total. The minimum absolute atomic E-state index is 0.203. The fourth-order valence-electron chi connectivity index (χ4n) is 2.18. The van der Waals surface area contributed by atoms with Gasteiger partial charge in [-0.3, -0.25) is 0 Å². The van der Waals surface area contributed by atoms with E-state index in [0.29, 0.717) is 6.04 Å². The molecule has 94 valence electrons. The second-order valence-electron chi connectivity index (χ2n) is 4.62. The number of benzene rings is 1. The SMILES string of the molecule is CN1CCSCC1C(N)Cc1ccc(Cl)cc1. The summed E-state index contributed by atoms with van der Waals surface area (Å²) in [5.74, 6) is 2.37. The van der Waals surface area contributed by atoms with E-state index < -0.39 is 0 Å². The monoisotopic (exact) mass is 270 g/mol. The molecular formula is C13H19ClN2S. The quantitative estimate of drug-likeness (QED) is 0.914. The number of hydrogen-bond acceptors (Lipinski definition) is 3. The smallest absolute Gasteiger partial charge is 0.0406 e. The first-order valence-electron chi connectivity index (χ1n) is 5.95. The summed E-state index contributed by atoms with van der Waals surface area (Å²) in [6, 6.07) is 8.70. The van der Waals surface area contributed by atoms with E-state index in [2.05, 4.69) is 24.1 Å². The minimum Gasteiger partial charge on any atom is -0.326 e. The summed E-state index contributed by atoms with van der Waals surface area (Å²) in [4.78, 5) is 2.39. The highest BCUT2D eigenvalue weighted by Gasteiger charge is 2.25. The lowest BCUT2D eigenvalue weighted by Gasteiger charge is -2.36. The van der Waals surface area contributed by atoms with Crippen molar-refractivity contribution in [3.63, 3.8) is 0 Å². The highest BCUT2D eigenvalue weighted by atomic mass is 35.5. The van der Waals surface area contributed by atoms with E-state index in [1.54, 1.807) is 0 Å². The molecule has 1 saturated heterocycles. The summed E-state index contributed by atoms with van der Waals surface area (Å²) in [5, 5.41) is 0.785. The number of likely N-dealkylation sites (N-methyl/N-ethyl adjacent to an activating group) is 1. The van der Waals surface area contributed by atoms with Gasteiger partial charge in [0.25, 0.3) is 0 Å². The molecule has 1 aromatic carbocycles. The lowest BCUT2D eigenvalue weighted by molar-refractivity contribution is 0.235. The molecule has 1 heterocycles. The second-order valence-corrected chi connectivity index (χ2v) is 6.20. The van der Waals surface area contributed by atoms with Gasteiger partial charge in [-0.15, -0.1) is 0 Å². The molecular weight excluding hydrogens is 252 g/mol. The summed E-state index contributed by atoms with van der Waals surface area (Å²) >= 11 is 7.88. The number of hydrogen-bond donors (Lipinski definition) is 1. The van der Waals surface area contributed by atoms with Gasteiger partial charge in [-0.25, -0.2) is 0 Å². The Morgan fingerprint density at radius 1 is 1.47 bits per heavy atom. The van der Waals surface area contributed by atoms with Crippen LogP contribution >= 0.6 is 23.4 Å². The minimum atomic E-state index is 0.203. The molecule has 1 aliphatic heterocycles. The molecule has 2 rings (SSSR count). The summed E-state index contributed by atoms with van der Waals surface area (Å²) < 4.78 is 0. The largest absolute Gasteiger partial charge is 0.326 e. The van der Waals surface area contributed by atoms with Crippen molar-refractivity contribution < 1.29 is 0 Å². The zero-order valence-corrected chi connectivity index (χ0v) is 11.7. The van der Waals surface area contributed by atoms with Crippen LogP contribution in [0.5, 0.6) is 0 Å². The van der Waals surface area contributed by atoms with Crippen LogP contribution < -0.4 is 5.73 Å². The lowest BCUT2D eigenvalue weighted by Crippen LogP contribution is -2.51. The van der Waals surface area contributed by atoms with Crippen LogP contribution in [0.15, 0.2) is 24.3 Å². The molecule has 0 saturated carbocycles. The predicted molar refractivity (Wildman–Crippen MR) is 76.9 cm³/mol. The Morgan fingerprint density at radius 2 is 2.18 bits per heavy atom. The Labute approximate surface area is 113 Å². The number of nitrogens with zero attached hydrogens (tertiary/aromatic N) is 1. The molecule has 0 aliphatic carbocycles. The van der Waals surface area contributed by atoms with Crippen LogP contribution in [-0.4, -0.2) is 42.1 Å². The molecule has 2 N–H and O–H groups in total. The van der Waals surface area contributed by atoms with Crippen molar-refractivity contribution >= 4 is 23.4 Å².